The molecular weight excluding hydrogens is 200 g/mol. The number of nitrogens with one attached hydrogen (secondary N) is 1. The minimum absolute atomic E-state index is 0.787. The van der Waals surface area contributed by atoms with Crippen LogP contribution in [0.1, 0.15) is 29.7 Å². The maximum Gasteiger partial charge on any atom is 0.103 e. The van der Waals surface area contributed by atoms with Crippen LogP contribution in [0.5, 0.6) is 0 Å². The number of H-pyrrole nitrogens is 1. The van der Waals surface area contributed by atoms with Crippen molar-refractivity contribution in [1.82, 2.24) is 4.98 Å². The second-order valence-corrected chi connectivity index (χ2v) is 4.43. The third-order valence-electron chi connectivity index (χ3n) is 3.31. The van der Waals surface area contributed by atoms with Crippen LogP contribution in [0, 0.1) is 6.92 Å². The summed E-state index contributed by atoms with van der Waals surface area (Å²) in [7, 11) is 0. The van der Waals surface area contributed by atoms with Gasteiger partial charge in [-0.25, -0.2) is 0 Å². The molecule has 1 aromatic heterocycles. The Morgan fingerprint density at radius 1 is 1.31 bits per heavy atom. The Bertz CT molecular complexity index is 581. The van der Waals surface area contributed by atoms with Gasteiger partial charge >= 0.3 is 0 Å². The van der Waals surface area contributed by atoms with Crippen molar-refractivity contribution >= 4 is 16.6 Å². The molecule has 82 valence electrons. The van der Waals surface area contributed by atoms with E-state index >= 15 is 0 Å². The van der Waals surface area contributed by atoms with Crippen LogP contribution < -0.4 is 0 Å². The average Bonchev–Trinajstić information content (AvgIpc) is 2.67. The van der Waals surface area contributed by atoms with Crippen LogP contribution in [-0.2, 0) is 6.42 Å². The van der Waals surface area contributed by atoms with Gasteiger partial charge in [0.25, 0.3) is 0 Å². The van der Waals surface area contributed by atoms with E-state index in [2.05, 4.69) is 35.3 Å². The summed E-state index contributed by atoms with van der Waals surface area (Å²) < 4.78 is 0. The minimum Gasteiger partial charge on any atom is -0.411 e. The molecule has 0 aliphatic heterocycles. The fourth-order valence-electron chi connectivity index (χ4n) is 2.53. The summed E-state index contributed by atoms with van der Waals surface area (Å²) in [6.07, 6.45) is 2.99. The molecule has 0 fully saturated rings. The van der Waals surface area contributed by atoms with Gasteiger partial charge in [0.05, 0.1) is 5.69 Å². The lowest BCUT2D eigenvalue weighted by molar-refractivity contribution is 0.317. The van der Waals surface area contributed by atoms with Gasteiger partial charge in [0, 0.05) is 10.9 Å². The number of aryl methyl sites for hydroxylation is 2. The molecule has 3 nitrogen and oxygen atoms in total. The average molecular weight is 214 g/mol. The number of aromatic amines is 1. The first kappa shape index (κ1) is 9.46. The number of benzene rings is 1. The van der Waals surface area contributed by atoms with Crippen LogP contribution in [0.25, 0.3) is 10.9 Å². The Balaban J connectivity index is 2.33. The van der Waals surface area contributed by atoms with Gasteiger partial charge in [-0.1, -0.05) is 16.8 Å². The van der Waals surface area contributed by atoms with Gasteiger partial charge in [0.1, 0.15) is 5.71 Å². The van der Waals surface area contributed by atoms with Crippen LogP contribution in [0.4, 0.5) is 0 Å². The highest BCUT2D eigenvalue weighted by atomic mass is 16.4. The lowest BCUT2D eigenvalue weighted by atomic mass is 9.94. The van der Waals surface area contributed by atoms with Gasteiger partial charge in [-0.3, -0.25) is 0 Å². The molecule has 1 aliphatic carbocycles. The molecule has 0 saturated carbocycles. The molecule has 1 heterocycles. The fourth-order valence-corrected chi connectivity index (χ4v) is 2.53. The predicted molar refractivity (Wildman–Crippen MR) is 64.3 cm³/mol. The maximum atomic E-state index is 8.99. The SMILES string of the molecule is Cc1ccc2[nH]c3c(c2c1)CCC/C3=N/O. The summed E-state index contributed by atoms with van der Waals surface area (Å²) in [4.78, 5) is 3.35. The number of hydrogen-bond acceptors (Lipinski definition) is 2. The monoisotopic (exact) mass is 214 g/mol. The second-order valence-electron chi connectivity index (χ2n) is 4.43. The van der Waals surface area contributed by atoms with Gasteiger partial charge in [-0.05, 0) is 43.9 Å². The molecule has 0 spiro atoms. The third kappa shape index (κ3) is 1.24. The van der Waals surface area contributed by atoms with Crippen molar-refractivity contribution in [3.63, 3.8) is 0 Å². The number of nitrogens with zero attached hydrogens (tertiary/aromatic N) is 1. The van der Waals surface area contributed by atoms with E-state index < -0.39 is 0 Å². The predicted octanol–water partition coefficient (Wildman–Crippen LogP) is 2.99. The van der Waals surface area contributed by atoms with Crippen LogP contribution in [0.15, 0.2) is 23.4 Å². The van der Waals surface area contributed by atoms with E-state index in [-0.39, 0.29) is 0 Å². The van der Waals surface area contributed by atoms with Crippen molar-refractivity contribution in [2.75, 3.05) is 0 Å². The quantitative estimate of drug-likeness (QED) is 0.514. The molecule has 2 aromatic rings. The van der Waals surface area contributed by atoms with Crippen LogP contribution in [0.2, 0.25) is 0 Å². The lowest BCUT2D eigenvalue weighted by Crippen LogP contribution is -2.10. The van der Waals surface area contributed by atoms with Gasteiger partial charge in [-0.2, -0.15) is 0 Å². The van der Waals surface area contributed by atoms with Gasteiger partial charge in [-0.15, -0.1) is 0 Å². The van der Waals surface area contributed by atoms with Crippen molar-refractivity contribution in [1.29, 1.82) is 0 Å². The summed E-state index contributed by atoms with van der Waals surface area (Å²) >= 11 is 0. The summed E-state index contributed by atoms with van der Waals surface area (Å²) in [6.45, 7) is 2.10. The molecule has 1 aromatic carbocycles. The summed E-state index contributed by atoms with van der Waals surface area (Å²) in [5.74, 6) is 0. The largest absolute Gasteiger partial charge is 0.411 e. The molecule has 16 heavy (non-hydrogen) atoms. The molecule has 0 amide bonds. The third-order valence-corrected chi connectivity index (χ3v) is 3.31. The molecular formula is C13H14N2O. The molecule has 1 aliphatic rings. The Kier molecular flexibility index (Phi) is 1.99. The number of rotatable bonds is 0. The summed E-state index contributed by atoms with van der Waals surface area (Å²) in [6, 6.07) is 6.39. The normalized spacial score (nSPS) is 17.9. The smallest absolute Gasteiger partial charge is 0.103 e. The highest BCUT2D eigenvalue weighted by molar-refractivity contribution is 6.06. The second kappa shape index (κ2) is 3.37. The van der Waals surface area contributed by atoms with Crippen molar-refractivity contribution < 1.29 is 5.21 Å². The highest BCUT2D eigenvalue weighted by Gasteiger charge is 2.20. The molecule has 3 heteroatoms. The minimum atomic E-state index is 0.787. The zero-order valence-electron chi connectivity index (χ0n) is 9.25. The van der Waals surface area contributed by atoms with Crippen molar-refractivity contribution in [3.05, 3.63) is 35.0 Å². The van der Waals surface area contributed by atoms with E-state index in [1.165, 1.54) is 16.5 Å². The van der Waals surface area contributed by atoms with Gasteiger partial charge < -0.3 is 10.2 Å². The number of fused-ring (bicyclic) bond motifs is 3. The topological polar surface area (TPSA) is 48.4 Å². The number of hydrogen-bond donors (Lipinski definition) is 2. The molecule has 0 bridgehead atoms. The maximum absolute atomic E-state index is 8.99. The Hall–Kier alpha value is -1.77. The van der Waals surface area contributed by atoms with E-state index in [4.69, 9.17) is 5.21 Å². The Morgan fingerprint density at radius 3 is 3.00 bits per heavy atom. The zero-order chi connectivity index (χ0) is 11.1. The van der Waals surface area contributed by atoms with E-state index in [1.54, 1.807) is 0 Å². The Labute approximate surface area is 93.8 Å². The molecule has 0 saturated heterocycles. The molecule has 0 radical (unpaired) electrons. The zero-order valence-corrected chi connectivity index (χ0v) is 9.25. The fraction of sp³-hybridized carbons (Fsp3) is 0.308. The molecule has 3 rings (SSSR count). The lowest BCUT2D eigenvalue weighted by Gasteiger charge is -2.12. The van der Waals surface area contributed by atoms with Crippen LogP contribution in [-0.4, -0.2) is 15.9 Å². The standard InChI is InChI=1S/C13H14N2O/c1-8-5-6-11-10(7-8)9-3-2-4-12(15-16)13(9)14-11/h5-7,14,16H,2-4H2,1H3/b15-12-. The van der Waals surface area contributed by atoms with E-state index in [9.17, 15) is 0 Å². The van der Waals surface area contributed by atoms with E-state index in [0.29, 0.717) is 0 Å². The molecule has 0 unspecified atom stereocenters. The van der Waals surface area contributed by atoms with Crippen molar-refractivity contribution in [3.8, 4) is 0 Å². The molecule has 2 N–H and O–H groups in total. The van der Waals surface area contributed by atoms with Crippen LogP contribution in [0.3, 0.4) is 0 Å². The number of oxime groups is 1. The van der Waals surface area contributed by atoms with Gasteiger partial charge in [0.2, 0.25) is 0 Å². The summed E-state index contributed by atoms with van der Waals surface area (Å²) in [5, 5.41) is 13.7. The van der Waals surface area contributed by atoms with Crippen LogP contribution >= 0.6 is 0 Å². The van der Waals surface area contributed by atoms with E-state index in [1.807, 2.05) is 0 Å². The van der Waals surface area contributed by atoms with Crippen molar-refractivity contribution in [2.24, 2.45) is 5.16 Å². The Morgan fingerprint density at radius 2 is 2.19 bits per heavy atom. The highest BCUT2D eigenvalue weighted by Crippen LogP contribution is 2.29. The van der Waals surface area contributed by atoms with Gasteiger partial charge in [0.15, 0.2) is 0 Å². The molecule has 0 atom stereocenters. The first-order valence-corrected chi connectivity index (χ1v) is 5.62. The first-order valence-electron chi connectivity index (χ1n) is 5.62. The number of aromatic nitrogens is 1. The van der Waals surface area contributed by atoms with E-state index in [0.717, 1.165) is 36.2 Å². The van der Waals surface area contributed by atoms with Crippen molar-refractivity contribution in [2.45, 2.75) is 26.2 Å². The summed E-state index contributed by atoms with van der Waals surface area (Å²) in [5.41, 5.74) is 5.52. The first-order chi connectivity index (χ1) is 7.79.